The minimum Gasteiger partial charge on any atom is -0.464 e. The predicted molar refractivity (Wildman–Crippen MR) is 64.1 cm³/mol. The van der Waals surface area contributed by atoms with Crippen molar-refractivity contribution in [1.29, 1.82) is 0 Å². The third kappa shape index (κ3) is 4.09. The lowest BCUT2D eigenvalue weighted by molar-refractivity contribution is -0.123. The molecule has 0 radical (unpaired) electrons. The van der Waals surface area contributed by atoms with Crippen LogP contribution in [-0.4, -0.2) is 5.91 Å². The van der Waals surface area contributed by atoms with E-state index in [1.54, 1.807) is 0 Å². The number of rotatable bonds is 3. The van der Waals surface area contributed by atoms with Crippen molar-refractivity contribution >= 4 is 5.91 Å². The Morgan fingerprint density at radius 2 is 2.06 bits per heavy atom. The molecule has 1 amide bonds. The molecule has 0 aliphatic rings. The van der Waals surface area contributed by atoms with Crippen LogP contribution in [0, 0.1) is 12.3 Å². The fourth-order valence-electron chi connectivity index (χ4n) is 1.53. The molecule has 1 atom stereocenters. The number of amides is 1. The van der Waals surface area contributed by atoms with Crippen LogP contribution in [0.2, 0.25) is 0 Å². The second-order valence-corrected chi connectivity index (χ2v) is 5.48. The van der Waals surface area contributed by atoms with Crippen molar-refractivity contribution in [1.82, 2.24) is 5.32 Å². The monoisotopic (exact) mass is 223 g/mol. The van der Waals surface area contributed by atoms with Crippen LogP contribution in [0.25, 0.3) is 0 Å². The van der Waals surface area contributed by atoms with Gasteiger partial charge in [0, 0.05) is 6.42 Å². The lowest BCUT2D eigenvalue weighted by Gasteiger charge is -2.19. The smallest absolute Gasteiger partial charge is 0.221 e. The topological polar surface area (TPSA) is 42.2 Å². The Morgan fingerprint density at radius 3 is 2.50 bits per heavy atom. The maximum Gasteiger partial charge on any atom is 0.221 e. The van der Waals surface area contributed by atoms with Gasteiger partial charge in [0.2, 0.25) is 5.91 Å². The van der Waals surface area contributed by atoms with E-state index in [0.29, 0.717) is 6.42 Å². The normalized spacial score (nSPS) is 13.6. The van der Waals surface area contributed by atoms with Crippen molar-refractivity contribution in [3.05, 3.63) is 23.7 Å². The Kier molecular flexibility index (Phi) is 3.79. The molecule has 0 saturated heterocycles. The Labute approximate surface area is 97.2 Å². The fourth-order valence-corrected chi connectivity index (χ4v) is 1.53. The summed E-state index contributed by atoms with van der Waals surface area (Å²) < 4.78 is 5.46. The number of furan rings is 1. The van der Waals surface area contributed by atoms with Crippen molar-refractivity contribution in [3.8, 4) is 0 Å². The molecule has 3 heteroatoms. The number of carbonyl (C=O) groups is 1. The second-order valence-electron chi connectivity index (χ2n) is 5.48. The number of hydrogen-bond acceptors (Lipinski definition) is 2. The van der Waals surface area contributed by atoms with Crippen molar-refractivity contribution in [3.63, 3.8) is 0 Å². The van der Waals surface area contributed by atoms with Crippen LogP contribution < -0.4 is 5.32 Å². The molecule has 1 rings (SSSR count). The first-order valence-electron chi connectivity index (χ1n) is 5.63. The van der Waals surface area contributed by atoms with Crippen molar-refractivity contribution in [2.24, 2.45) is 5.41 Å². The first kappa shape index (κ1) is 12.8. The molecule has 90 valence electrons. The first-order valence-corrected chi connectivity index (χ1v) is 5.63. The minimum absolute atomic E-state index is 0.0168. The van der Waals surface area contributed by atoms with Gasteiger partial charge < -0.3 is 9.73 Å². The van der Waals surface area contributed by atoms with Gasteiger partial charge in [0.1, 0.15) is 11.5 Å². The zero-order valence-electron chi connectivity index (χ0n) is 10.8. The summed E-state index contributed by atoms with van der Waals surface area (Å²) in [6.07, 6.45) is 0.525. The zero-order valence-corrected chi connectivity index (χ0v) is 10.8. The van der Waals surface area contributed by atoms with Crippen molar-refractivity contribution in [2.45, 2.75) is 47.1 Å². The van der Waals surface area contributed by atoms with E-state index >= 15 is 0 Å². The van der Waals surface area contributed by atoms with Crippen LogP contribution >= 0.6 is 0 Å². The summed E-state index contributed by atoms with van der Waals surface area (Å²) in [6.45, 7) is 9.98. The molecule has 3 nitrogen and oxygen atoms in total. The van der Waals surface area contributed by atoms with Crippen LogP contribution in [0.1, 0.15) is 51.7 Å². The van der Waals surface area contributed by atoms with Gasteiger partial charge in [-0.05, 0) is 31.4 Å². The maximum atomic E-state index is 11.7. The molecule has 1 N–H and O–H groups in total. The highest BCUT2D eigenvalue weighted by Gasteiger charge is 2.18. The lowest BCUT2D eigenvalue weighted by atomic mass is 9.92. The summed E-state index contributed by atoms with van der Waals surface area (Å²) >= 11 is 0. The predicted octanol–water partition coefficient (Wildman–Crippen LogP) is 3.20. The van der Waals surface area contributed by atoms with Crippen LogP contribution in [0.4, 0.5) is 0 Å². The summed E-state index contributed by atoms with van der Waals surface area (Å²) in [5.41, 5.74) is 0.0168. The summed E-state index contributed by atoms with van der Waals surface area (Å²) in [4.78, 5) is 11.7. The van der Waals surface area contributed by atoms with E-state index in [2.05, 4.69) is 5.32 Å². The summed E-state index contributed by atoms with van der Waals surface area (Å²) in [5.74, 6) is 1.74. The van der Waals surface area contributed by atoms with Crippen molar-refractivity contribution in [2.75, 3.05) is 0 Å². The molecule has 0 aliphatic carbocycles. The molecule has 0 fully saturated rings. The molecule has 0 aliphatic heterocycles. The van der Waals surface area contributed by atoms with Crippen LogP contribution in [0.15, 0.2) is 16.5 Å². The van der Waals surface area contributed by atoms with Crippen LogP contribution in [0.3, 0.4) is 0 Å². The van der Waals surface area contributed by atoms with Crippen LogP contribution in [0.5, 0.6) is 0 Å². The molecule has 0 spiro atoms. The SMILES string of the molecule is Cc1ccc(C(C)NC(=O)CC(C)(C)C)o1. The highest BCUT2D eigenvalue weighted by Crippen LogP contribution is 2.20. The van der Waals surface area contributed by atoms with Gasteiger partial charge in [0.15, 0.2) is 0 Å². The van der Waals surface area contributed by atoms with E-state index in [9.17, 15) is 4.79 Å². The van der Waals surface area contributed by atoms with Gasteiger partial charge in [0.25, 0.3) is 0 Å². The molecule has 1 aromatic heterocycles. The maximum absolute atomic E-state index is 11.7. The molecule has 16 heavy (non-hydrogen) atoms. The molecule has 1 heterocycles. The van der Waals surface area contributed by atoms with Gasteiger partial charge in [-0.2, -0.15) is 0 Å². The standard InChI is InChI=1S/C13H21NO2/c1-9-6-7-11(16-9)10(2)14-12(15)8-13(3,4)5/h6-7,10H,8H2,1-5H3,(H,14,15). The highest BCUT2D eigenvalue weighted by atomic mass is 16.3. The number of aryl methyl sites for hydroxylation is 1. The zero-order chi connectivity index (χ0) is 12.3. The Hall–Kier alpha value is -1.25. The van der Waals surface area contributed by atoms with E-state index < -0.39 is 0 Å². The first-order chi connectivity index (χ1) is 7.28. The third-order valence-corrected chi connectivity index (χ3v) is 2.26. The highest BCUT2D eigenvalue weighted by molar-refractivity contribution is 5.76. The molecule has 1 unspecified atom stereocenters. The number of nitrogens with one attached hydrogen (secondary N) is 1. The Bertz CT molecular complexity index is 360. The molecule has 0 aromatic carbocycles. The van der Waals surface area contributed by atoms with Gasteiger partial charge >= 0.3 is 0 Å². The quantitative estimate of drug-likeness (QED) is 0.855. The molecular weight excluding hydrogens is 202 g/mol. The van der Waals surface area contributed by atoms with Gasteiger partial charge in [-0.25, -0.2) is 0 Å². The molecule has 0 bridgehead atoms. The van der Waals surface area contributed by atoms with Gasteiger partial charge in [-0.15, -0.1) is 0 Å². The largest absolute Gasteiger partial charge is 0.464 e. The van der Waals surface area contributed by atoms with E-state index in [1.807, 2.05) is 46.8 Å². The molecule has 1 aromatic rings. The summed E-state index contributed by atoms with van der Waals surface area (Å²) in [7, 11) is 0. The Morgan fingerprint density at radius 1 is 1.44 bits per heavy atom. The third-order valence-electron chi connectivity index (χ3n) is 2.26. The van der Waals surface area contributed by atoms with Crippen LogP contribution in [-0.2, 0) is 4.79 Å². The summed E-state index contributed by atoms with van der Waals surface area (Å²) in [6, 6.07) is 3.74. The van der Waals surface area contributed by atoms with Gasteiger partial charge in [-0.1, -0.05) is 20.8 Å². The van der Waals surface area contributed by atoms with Gasteiger partial charge in [-0.3, -0.25) is 4.79 Å². The number of carbonyl (C=O) groups excluding carboxylic acids is 1. The average Bonchev–Trinajstić information content (AvgIpc) is 2.47. The van der Waals surface area contributed by atoms with E-state index in [-0.39, 0.29) is 17.4 Å². The Balaban J connectivity index is 2.52. The van der Waals surface area contributed by atoms with E-state index in [1.165, 1.54) is 0 Å². The molecule has 0 saturated carbocycles. The second kappa shape index (κ2) is 4.73. The minimum atomic E-state index is -0.0662. The lowest BCUT2D eigenvalue weighted by Crippen LogP contribution is -2.29. The fraction of sp³-hybridized carbons (Fsp3) is 0.615. The van der Waals surface area contributed by atoms with Crippen molar-refractivity contribution < 1.29 is 9.21 Å². The average molecular weight is 223 g/mol. The van der Waals surface area contributed by atoms with E-state index in [0.717, 1.165) is 11.5 Å². The number of hydrogen-bond donors (Lipinski definition) is 1. The van der Waals surface area contributed by atoms with E-state index in [4.69, 9.17) is 4.42 Å². The molecular formula is C13H21NO2. The summed E-state index contributed by atoms with van der Waals surface area (Å²) in [5, 5.41) is 2.93. The van der Waals surface area contributed by atoms with Gasteiger partial charge in [0.05, 0.1) is 6.04 Å².